The first-order valence-corrected chi connectivity index (χ1v) is 6.26. The van der Waals surface area contributed by atoms with Crippen molar-refractivity contribution in [2.75, 3.05) is 32.7 Å². The number of carbonyl (C=O) groups is 1. The molecule has 0 aromatic heterocycles. The van der Waals surface area contributed by atoms with Crippen LogP contribution in [-0.4, -0.2) is 48.4 Å². The summed E-state index contributed by atoms with van der Waals surface area (Å²) in [5.74, 6) is 1.20. The summed E-state index contributed by atoms with van der Waals surface area (Å²) >= 11 is 0. The lowest BCUT2D eigenvalue weighted by molar-refractivity contribution is -0.127. The molecule has 2 aliphatic rings. The van der Waals surface area contributed by atoms with Crippen molar-refractivity contribution in [2.45, 2.75) is 32.6 Å². The van der Waals surface area contributed by atoms with Gasteiger partial charge in [-0.05, 0) is 31.7 Å². The number of carbonyl (C=O) groups excluding carboxylic acids is 1. The molecule has 15 heavy (non-hydrogen) atoms. The van der Waals surface area contributed by atoms with Crippen LogP contribution in [0.4, 0.5) is 0 Å². The second kappa shape index (κ2) is 4.97. The molecule has 2 heterocycles. The van der Waals surface area contributed by atoms with Crippen molar-refractivity contribution in [3.63, 3.8) is 0 Å². The van der Waals surface area contributed by atoms with Gasteiger partial charge in [-0.1, -0.05) is 6.92 Å². The molecule has 3 heteroatoms. The van der Waals surface area contributed by atoms with Gasteiger partial charge in [-0.25, -0.2) is 0 Å². The van der Waals surface area contributed by atoms with Gasteiger partial charge in [-0.2, -0.15) is 0 Å². The summed E-state index contributed by atoms with van der Waals surface area (Å²) in [6.45, 7) is 7.80. The molecule has 0 aromatic rings. The number of rotatable bonds is 3. The Bertz CT molecular complexity index is 230. The van der Waals surface area contributed by atoms with Crippen LogP contribution in [0.1, 0.15) is 32.6 Å². The molecule has 3 nitrogen and oxygen atoms in total. The van der Waals surface area contributed by atoms with Crippen LogP contribution < -0.4 is 0 Å². The zero-order valence-corrected chi connectivity index (χ0v) is 9.74. The number of hydrogen-bond acceptors (Lipinski definition) is 2. The molecular formula is C12H22N2O. The molecule has 0 unspecified atom stereocenters. The second-order valence-corrected chi connectivity index (χ2v) is 5.03. The van der Waals surface area contributed by atoms with Crippen LogP contribution in [0.5, 0.6) is 0 Å². The first kappa shape index (κ1) is 10.9. The highest BCUT2D eigenvalue weighted by Gasteiger charge is 2.21. The van der Waals surface area contributed by atoms with Crippen LogP contribution in [-0.2, 0) is 4.79 Å². The van der Waals surface area contributed by atoms with Gasteiger partial charge in [0.1, 0.15) is 0 Å². The molecule has 86 valence electrons. The maximum atomic E-state index is 11.4. The first-order valence-electron chi connectivity index (χ1n) is 6.26. The van der Waals surface area contributed by atoms with E-state index < -0.39 is 0 Å². The number of hydrogen-bond donors (Lipinski definition) is 0. The summed E-state index contributed by atoms with van der Waals surface area (Å²) in [4.78, 5) is 16.0. The van der Waals surface area contributed by atoms with Gasteiger partial charge >= 0.3 is 0 Å². The zero-order chi connectivity index (χ0) is 10.7. The molecule has 0 saturated carbocycles. The Hall–Kier alpha value is -0.570. The summed E-state index contributed by atoms with van der Waals surface area (Å²) in [6, 6.07) is 0. The Balaban J connectivity index is 1.70. The van der Waals surface area contributed by atoms with Gasteiger partial charge in [0.2, 0.25) is 5.91 Å². The molecule has 0 radical (unpaired) electrons. The number of piperidine rings is 1. The van der Waals surface area contributed by atoms with Gasteiger partial charge in [0, 0.05) is 32.6 Å². The average molecular weight is 210 g/mol. The molecule has 1 amide bonds. The Morgan fingerprint density at radius 2 is 2.13 bits per heavy atom. The van der Waals surface area contributed by atoms with Crippen molar-refractivity contribution in [3.8, 4) is 0 Å². The van der Waals surface area contributed by atoms with E-state index >= 15 is 0 Å². The summed E-state index contributed by atoms with van der Waals surface area (Å²) in [6.07, 6.45) is 4.54. The molecule has 2 rings (SSSR count). The van der Waals surface area contributed by atoms with Gasteiger partial charge < -0.3 is 9.80 Å². The molecule has 2 saturated heterocycles. The molecule has 0 bridgehead atoms. The largest absolute Gasteiger partial charge is 0.341 e. The van der Waals surface area contributed by atoms with Crippen molar-refractivity contribution in [3.05, 3.63) is 0 Å². The fraction of sp³-hybridized carbons (Fsp3) is 0.917. The van der Waals surface area contributed by atoms with Crippen molar-refractivity contribution in [1.82, 2.24) is 9.80 Å². The van der Waals surface area contributed by atoms with E-state index in [-0.39, 0.29) is 0 Å². The van der Waals surface area contributed by atoms with Crippen LogP contribution in [0.3, 0.4) is 0 Å². The SMILES string of the molecule is C[C@@H]1CCCN(CCN2CCCC2=O)C1. The Morgan fingerprint density at radius 1 is 1.27 bits per heavy atom. The van der Waals surface area contributed by atoms with Crippen LogP contribution in [0, 0.1) is 5.92 Å². The predicted octanol–water partition coefficient (Wildman–Crippen LogP) is 1.34. The molecular weight excluding hydrogens is 188 g/mol. The third-order valence-electron chi connectivity index (χ3n) is 3.60. The molecule has 2 aliphatic heterocycles. The lowest BCUT2D eigenvalue weighted by Crippen LogP contribution is -2.40. The Morgan fingerprint density at radius 3 is 2.80 bits per heavy atom. The third kappa shape index (κ3) is 2.94. The van der Waals surface area contributed by atoms with E-state index in [0.29, 0.717) is 5.91 Å². The predicted molar refractivity (Wildman–Crippen MR) is 60.7 cm³/mol. The lowest BCUT2D eigenvalue weighted by Gasteiger charge is -2.32. The van der Waals surface area contributed by atoms with Gasteiger partial charge in [-0.3, -0.25) is 4.79 Å². The van der Waals surface area contributed by atoms with Gasteiger partial charge in [-0.15, -0.1) is 0 Å². The van der Waals surface area contributed by atoms with Gasteiger partial charge in [0.15, 0.2) is 0 Å². The maximum absolute atomic E-state index is 11.4. The number of nitrogens with zero attached hydrogens (tertiary/aromatic N) is 2. The topological polar surface area (TPSA) is 23.6 Å². The summed E-state index contributed by atoms with van der Waals surface area (Å²) in [5, 5.41) is 0. The van der Waals surface area contributed by atoms with E-state index in [9.17, 15) is 4.79 Å². The molecule has 0 aromatic carbocycles. The molecule has 0 N–H and O–H groups in total. The van der Waals surface area contributed by atoms with Crippen LogP contribution in [0.25, 0.3) is 0 Å². The van der Waals surface area contributed by atoms with Crippen LogP contribution in [0.2, 0.25) is 0 Å². The highest BCUT2D eigenvalue weighted by Crippen LogP contribution is 2.16. The molecule has 1 atom stereocenters. The quantitative estimate of drug-likeness (QED) is 0.702. The van der Waals surface area contributed by atoms with Crippen LogP contribution >= 0.6 is 0 Å². The smallest absolute Gasteiger partial charge is 0.222 e. The van der Waals surface area contributed by atoms with E-state index in [4.69, 9.17) is 0 Å². The van der Waals surface area contributed by atoms with E-state index in [1.54, 1.807) is 0 Å². The van der Waals surface area contributed by atoms with Crippen molar-refractivity contribution in [2.24, 2.45) is 5.92 Å². The van der Waals surface area contributed by atoms with Gasteiger partial charge in [0.05, 0.1) is 0 Å². The minimum Gasteiger partial charge on any atom is -0.341 e. The minimum atomic E-state index is 0.361. The normalized spacial score (nSPS) is 28.7. The summed E-state index contributed by atoms with van der Waals surface area (Å²) in [5.41, 5.74) is 0. The number of amides is 1. The number of likely N-dealkylation sites (tertiary alicyclic amines) is 2. The van der Waals surface area contributed by atoms with E-state index in [1.165, 1.54) is 25.9 Å². The summed E-state index contributed by atoms with van der Waals surface area (Å²) < 4.78 is 0. The Labute approximate surface area is 92.4 Å². The monoisotopic (exact) mass is 210 g/mol. The van der Waals surface area contributed by atoms with E-state index in [0.717, 1.165) is 38.4 Å². The third-order valence-corrected chi connectivity index (χ3v) is 3.60. The maximum Gasteiger partial charge on any atom is 0.222 e. The van der Waals surface area contributed by atoms with Crippen LogP contribution in [0.15, 0.2) is 0 Å². The molecule has 0 aliphatic carbocycles. The van der Waals surface area contributed by atoms with Crippen molar-refractivity contribution < 1.29 is 4.79 Å². The van der Waals surface area contributed by atoms with E-state index in [1.807, 2.05) is 4.90 Å². The fourth-order valence-corrected chi connectivity index (χ4v) is 2.69. The highest BCUT2D eigenvalue weighted by atomic mass is 16.2. The van der Waals surface area contributed by atoms with Gasteiger partial charge in [0.25, 0.3) is 0 Å². The van der Waals surface area contributed by atoms with E-state index in [2.05, 4.69) is 11.8 Å². The second-order valence-electron chi connectivity index (χ2n) is 5.03. The van der Waals surface area contributed by atoms with Crippen molar-refractivity contribution in [1.29, 1.82) is 0 Å². The average Bonchev–Trinajstić information content (AvgIpc) is 2.61. The summed E-state index contributed by atoms with van der Waals surface area (Å²) in [7, 11) is 0. The minimum absolute atomic E-state index is 0.361. The molecule has 0 spiro atoms. The first-order chi connectivity index (χ1) is 7.25. The standard InChI is InChI=1S/C12H22N2O/c1-11-4-2-6-13(10-11)8-9-14-7-3-5-12(14)15/h11H,2-10H2,1H3/t11-/m1/s1. The molecule has 2 fully saturated rings. The van der Waals surface area contributed by atoms with Crippen molar-refractivity contribution >= 4 is 5.91 Å². The Kier molecular flexibility index (Phi) is 3.62. The zero-order valence-electron chi connectivity index (χ0n) is 9.74. The lowest BCUT2D eigenvalue weighted by atomic mass is 10.0. The fourth-order valence-electron chi connectivity index (χ4n) is 2.69. The highest BCUT2D eigenvalue weighted by molar-refractivity contribution is 5.78.